The largest absolute Gasteiger partial charge is 0.311 e. The molecule has 2 nitrogen and oxygen atoms in total. The van der Waals surface area contributed by atoms with Crippen LogP contribution < -0.4 is 4.90 Å². The van der Waals surface area contributed by atoms with Gasteiger partial charge in [0, 0.05) is 18.7 Å². The molecule has 0 spiro atoms. The lowest BCUT2D eigenvalue weighted by molar-refractivity contribution is -0.117. The van der Waals surface area contributed by atoms with Gasteiger partial charge in [-0.25, -0.2) is 8.78 Å². The highest BCUT2D eigenvalue weighted by Crippen LogP contribution is 2.29. The first kappa shape index (κ1) is 11.8. The van der Waals surface area contributed by atoms with Crippen molar-refractivity contribution in [3.63, 3.8) is 0 Å². The Labute approximate surface area is 104 Å². The first-order valence-corrected chi connectivity index (χ1v) is 5.81. The Balaban J connectivity index is 2.38. The molecule has 1 saturated heterocycles. The van der Waals surface area contributed by atoms with Gasteiger partial charge in [-0.05, 0) is 28.1 Å². The van der Waals surface area contributed by atoms with Crippen LogP contribution in [-0.2, 0) is 4.79 Å². The first-order chi connectivity index (χ1) is 7.49. The average Bonchev–Trinajstić information content (AvgIpc) is 2.53. The van der Waals surface area contributed by atoms with Gasteiger partial charge in [0.05, 0.1) is 9.85 Å². The summed E-state index contributed by atoms with van der Waals surface area (Å²) >= 11 is 8.57. The molecular weight excluding hydrogens is 303 g/mol. The Morgan fingerprint density at radius 2 is 1.94 bits per heavy atom. The van der Waals surface area contributed by atoms with E-state index in [0.717, 1.165) is 12.1 Å². The molecule has 0 bridgehead atoms. The molecule has 1 aromatic rings. The Hall–Kier alpha value is -0.680. The van der Waals surface area contributed by atoms with Gasteiger partial charge in [-0.3, -0.25) is 4.79 Å². The van der Waals surface area contributed by atoms with Crippen molar-refractivity contribution < 1.29 is 13.6 Å². The van der Waals surface area contributed by atoms with E-state index in [1.54, 1.807) is 0 Å². The van der Waals surface area contributed by atoms with Crippen LogP contribution in [0.3, 0.4) is 0 Å². The smallest absolute Gasteiger partial charge is 0.228 e. The van der Waals surface area contributed by atoms with Gasteiger partial charge in [0.25, 0.3) is 0 Å². The van der Waals surface area contributed by atoms with Crippen molar-refractivity contribution in [2.45, 2.75) is 11.8 Å². The number of alkyl halides is 1. The van der Waals surface area contributed by atoms with Crippen LogP contribution in [0.4, 0.5) is 14.5 Å². The zero-order chi connectivity index (χ0) is 11.9. The minimum absolute atomic E-state index is 0.195. The maximum atomic E-state index is 13.3. The van der Waals surface area contributed by atoms with Gasteiger partial charge >= 0.3 is 0 Å². The van der Waals surface area contributed by atoms with E-state index in [1.807, 2.05) is 0 Å². The number of rotatable bonds is 1. The minimum atomic E-state index is -0.735. The van der Waals surface area contributed by atoms with Gasteiger partial charge < -0.3 is 4.90 Å². The van der Waals surface area contributed by atoms with Crippen molar-refractivity contribution in [2.75, 3.05) is 11.4 Å². The fourth-order valence-corrected chi connectivity index (χ4v) is 2.11. The van der Waals surface area contributed by atoms with E-state index in [9.17, 15) is 13.6 Å². The Kier molecular flexibility index (Phi) is 3.17. The molecule has 1 fully saturated rings. The van der Waals surface area contributed by atoms with Crippen molar-refractivity contribution in [3.8, 4) is 0 Å². The van der Waals surface area contributed by atoms with Crippen molar-refractivity contribution >= 4 is 39.1 Å². The lowest BCUT2D eigenvalue weighted by Crippen LogP contribution is -2.24. The van der Waals surface area contributed by atoms with Gasteiger partial charge in [-0.15, -0.1) is 11.6 Å². The van der Waals surface area contributed by atoms with Gasteiger partial charge in [0.15, 0.2) is 0 Å². The lowest BCUT2D eigenvalue weighted by Gasteiger charge is -2.16. The summed E-state index contributed by atoms with van der Waals surface area (Å²) in [5.41, 5.74) is 0.200. The maximum Gasteiger partial charge on any atom is 0.228 e. The summed E-state index contributed by atoms with van der Waals surface area (Å²) in [7, 11) is 0. The predicted octanol–water partition coefficient (Wildman–Crippen LogP) is 3.07. The molecule has 1 aliphatic rings. The summed E-state index contributed by atoms with van der Waals surface area (Å²) in [5.74, 6) is -1.69. The van der Waals surface area contributed by atoms with Crippen LogP contribution in [0.2, 0.25) is 0 Å². The van der Waals surface area contributed by atoms with E-state index in [2.05, 4.69) is 15.9 Å². The Bertz CT molecular complexity index is 431. The topological polar surface area (TPSA) is 20.3 Å². The molecule has 0 radical (unpaired) electrons. The molecule has 1 amide bonds. The first-order valence-electron chi connectivity index (χ1n) is 4.58. The number of halogens is 4. The van der Waals surface area contributed by atoms with Gasteiger partial charge in [0.1, 0.15) is 11.6 Å². The van der Waals surface area contributed by atoms with Crippen molar-refractivity contribution in [2.24, 2.45) is 0 Å². The molecule has 2 rings (SSSR count). The molecule has 1 unspecified atom stereocenters. The molecule has 0 saturated carbocycles. The standard InChI is InChI=1S/C10H7BrClF2NO/c11-10-7(13)2-6(3-8(10)14)15-4-5(12)1-9(15)16/h2-3,5H,1,4H2. The SMILES string of the molecule is O=C1CC(Cl)CN1c1cc(F)c(Br)c(F)c1. The summed E-state index contributed by atoms with van der Waals surface area (Å²) in [4.78, 5) is 12.8. The van der Waals surface area contributed by atoms with Gasteiger partial charge in [-0.1, -0.05) is 0 Å². The Morgan fingerprint density at radius 3 is 2.38 bits per heavy atom. The number of anilines is 1. The number of hydrogen-bond acceptors (Lipinski definition) is 1. The summed E-state index contributed by atoms with van der Waals surface area (Å²) < 4.78 is 26.3. The van der Waals surface area contributed by atoms with Crippen LogP contribution in [0, 0.1) is 11.6 Å². The van der Waals surface area contributed by atoms with Crippen LogP contribution in [0.15, 0.2) is 16.6 Å². The fraction of sp³-hybridized carbons (Fsp3) is 0.300. The molecule has 6 heteroatoms. The third-order valence-corrected chi connectivity index (χ3v) is 3.41. The van der Waals surface area contributed by atoms with Crippen LogP contribution in [0.5, 0.6) is 0 Å². The average molecular weight is 311 g/mol. The van der Waals surface area contributed by atoms with Crippen LogP contribution in [0.25, 0.3) is 0 Å². The second kappa shape index (κ2) is 4.30. The minimum Gasteiger partial charge on any atom is -0.311 e. The number of carbonyl (C=O) groups is 1. The summed E-state index contributed by atoms with van der Waals surface area (Å²) in [6, 6.07) is 2.22. The number of benzene rings is 1. The molecule has 0 aliphatic carbocycles. The van der Waals surface area contributed by atoms with Crippen molar-refractivity contribution in [1.82, 2.24) is 0 Å². The van der Waals surface area contributed by atoms with Crippen LogP contribution >= 0.6 is 27.5 Å². The highest BCUT2D eigenvalue weighted by molar-refractivity contribution is 9.10. The van der Waals surface area contributed by atoms with E-state index in [4.69, 9.17) is 11.6 Å². The second-order valence-electron chi connectivity index (χ2n) is 3.53. The van der Waals surface area contributed by atoms with E-state index >= 15 is 0 Å². The highest BCUT2D eigenvalue weighted by atomic mass is 79.9. The zero-order valence-electron chi connectivity index (χ0n) is 8.01. The Morgan fingerprint density at radius 1 is 1.38 bits per heavy atom. The van der Waals surface area contributed by atoms with E-state index in [0.29, 0.717) is 0 Å². The number of nitrogens with zero attached hydrogens (tertiary/aromatic N) is 1. The number of hydrogen-bond donors (Lipinski definition) is 0. The predicted molar refractivity (Wildman–Crippen MR) is 60.7 cm³/mol. The molecule has 1 aromatic carbocycles. The normalized spacial score (nSPS) is 20.6. The van der Waals surface area contributed by atoms with E-state index in [1.165, 1.54) is 4.90 Å². The fourth-order valence-electron chi connectivity index (χ4n) is 1.61. The van der Waals surface area contributed by atoms with Crippen molar-refractivity contribution in [3.05, 3.63) is 28.2 Å². The molecule has 86 valence electrons. The molecule has 1 atom stereocenters. The molecule has 0 N–H and O–H groups in total. The third-order valence-electron chi connectivity index (χ3n) is 2.36. The molecule has 1 aliphatic heterocycles. The van der Waals surface area contributed by atoms with Gasteiger partial charge in [0.2, 0.25) is 5.91 Å². The molecule has 16 heavy (non-hydrogen) atoms. The molecule has 1 heterocycles. The molecule has 0 aromatic heterocycles. The molecular formula is C10H7BrClF2NO. The maximum absolute atomic E-state index is 13.3. The second-order valence-corrected chi connectivity index (χ2v) is 4.94. The van der Waals surface area contributed by atoms with E-state index < -0.39 is 11.6 Å². The zero-order valence-corrected chi connectivity index (χ0v) is 10.4. The highest BCUT2D eigenvalue weighted by Gasteiger charge is 2.30. The lowest BCUT2D eigenvalue weighted by atomic mass is 10.3. The van der Waals surface area contributed by atoms with Gasteiger partial charge in [-0.2, -0.15) is 0 Å². The number of carbonyl (C=O) groups excluding carboxylic acids is 1. The summed E-state index contributed by atoms with van der Waals surface area (Å²) in [6.07, 6.45) is 0.195. The number of amides is 1. The van der Waals surface area contributed by atoms with E-state index in [-0.39, 0.29) is 34.4 Å². The van der Waals surface area contributed by atoms with Crippen molar-refractivity contribution in [1.29, 1.82) is 0 Å². The summed E-state index contributed by atoms with van der Waals surface area (Å²) in [5, 5.41) is -0.303. The van der Waals surface area contributed by atoms with Crippen LogP contribution in [0.1, 0.15) is 6.42 Å². The monoisotopic (exact) mass is 309 g/mol. The third kappa shape index (κ3) is 2.06. The summed E-state index contributed by atoms with van der Waals surface area (Å²) in [6.45, 7) is 0.279. The quantitative estimate of drug-likeness (QED) is 0.577. The van der Waals surface area contributed by atoms with Crippen LogP contribution in [-0.4, -0.2) is 17.8 Å².